The third-order valence-electron chi connectivity index (χ3n) is 4.48. The highest BCUT2D eigenvalue weighted by molar-refractivity contribution is 6.42. The quantitative estimate of drug-likeness (QED) is 0.314. The Hall–Kier alpha value is -3.99. The Balaban J connectivity index is 1.59. The van der Waals surface area contributed by atoms with Crippen molar-refractivity contribution >= 4 is 52.5 Å². The number of carbonyl (C=O) groups excluding carboxylic acids is 2. The number of amides is 2. The molecule has 34 heavy (non-hydrogen) atoms. The minimum atomic E-state index is -0.589. The Morgan fingerprint density at radius 1 is 1.00 bits per heavy atom. The predicted molar refractivity (Wildman–Crippen MR) is 132 cm³/mol. The summed E-state index contributed by atoms with van der Waals surface area (Å²) in [6.45, 7) is -0.206. The number of hydrogen-bond donors (Lipinski definition) is 2. The van der Waals surface area contributed by atoms with E-state index >= 15 is 0 Å². The maximum atomic E-state index is 12.4. The van der Waals surface area contributed by atoms with Crippen LogP contribution < -0.4 is 20.1 Å². The van der Waals surface area contributed by atoms with Crippen molar-refractivity contribution in [1.82, 2.24) is 0 Å². The molecular weight excluding hydrogens is 477 g/mol. The fourth-order valence-electron chi connectivity index (χ4n) is 2.83. The van der Waals surface area contributed by atoms with E-state index in [2.05, 4.69) is 10.6 Å². The van der Waals surface area contributed by atoms with E-state index in [0.717, 1.165) is 0 Å². The number of halogens is 2. The molecule has 0 aliphatic heterocycles. The van der Waals surface area contributed by atoms with Crippen molar-refractivity contribution in [1.29, 1.82) is 5.26 Å². The van der Waals surface area contributed by atoms with Crippen LogP contribution in [0.1, 0.15) is 5.56 Å². The normalized spacial score (nSPS) is 10.7. The fourth-order valence-corrected chi connectivity index (χ4v) is 3.13. The highest BCUT2D eigenvalue weighted by Crippen LogP contribution is 2.26. The minimum Gasteiger partial charge on any atom is -0.495 e. The van der Waals surface area contributed by atoms with Crippen LogP contribution in [0.2, 0.25) is 10.0 Å². The van der Waals surface area contributed by atoms with E-state index in [1.165, 1.54) is 19.3 Å². The summed E-state index contributed by atoms with van der Waals surface area (Å²) >= 11 is 11.8. The summed E-state index contributed by atoms with van der Waals surface area (Å²) in [4.78, 5) is 24.6. The van der Waals surface area contributed by atoms with Crippen molar-refractivity contribution < 1.29 is 19.1 Å². The van der Waals surface area contributed by atoms with Gasteiger partial charge in [0.1, 0.15) is 23.1 Å². The van der Waals surface area contributed by atoms with E-state index in [-0.39, 0.29) is 23.1 Å². The number of nitrogens with zero attached hydrogens (tertiary/aromatic N) is 1. The third-order valence-corrected chi connectivity index (χ3v) is 5.22. The van der Waals surface area contributed by atoms with Crippen LogP contribution in [0.15, 0.2) is 72.3 Å². The second-order valence-corrected chi connectivity index (χ2v) is 7.67. The lowest BCUT2D eigenvalue weighted by Crippen LogP contribution is -2.20. The molecule has 0 saturated carbocycles. The number of methoxy groups -OCH3 is 1. The molecule has 3 aromatic rings. The summed E-state index contributed by atoms with van der Waals surface area (Å²) in [6, 6.07) is 20.1. The maximum absolute atomic E-state index is 12.4. The van der Waals surface area contributed by atoms with E-state index in [0.29, 0.717) is 33.5 Å². The average molecular weight is 496 g/mol. The number of nitriles is 1. The second kappa shape index (κ2) is 11.8. The van der Waals surface area contributed by atoms with Crippen LogP contribution in [-0.2, 0) is 9.59 Å². The number of para-hydroxylation sites is 2. The van der Waals surface area contributed by atoms with Crippen LogP contribution in [0.5, 0.6) is 11.5 Å². The maximum Gasteiger partial charge on any atom is 0.266 e. The molecule has 0 heterocycles. The highest BCUT2D eigenvalue weighted by atomic mass is 35.5. The summed E-state index contributed by atoms with van der Waals surface area (Å²) < 4.78 is 10.7. The van der Waals surface area contributed by atoms with Gasteiger partial charge in [0.25, 0.3) is 11.8 Å². The molecule has 0 saturated heterocycles. The molecule has 0 atom stereocenters. The molecule has 2 amide bonds. The lowest BCUT2D eigenvalue weighted by molar-refractivity contribution is -0.118. The van der Waals surface area contributed by atoms with Gasteiger partial charge in [0.05, 0.1) is 22.8 Å². The van der Waals surface area contributed by atoms with Crippen molar-refractivity contribution in [2.24, 2.45) is 0 Å². The van der Waals surface area contributed by atoms with Crippen LogP contribution in [-0.4, -0.2) is 25.5 Å². The summed E-state index contributed by atoms with van der Waals surface area (Å²) in [5, 5.41) is 15.4. The Morgan fingerprint density at radius 2 is 1.74 bits per heavy atom. The number of anilines is 2. The zero-order valence-corrected chi connectivity index (χ0v) is 19.5. The van der Waals surface area contributed by atoms with Crippen molar-refractivity contribution in [3.05, 3.63) is 87.9 Å². The summed E-state index contributed by atoms with van der Waals surface area (Å²) in [5.41, 5.74) is 1.46. The number of ether oxygens (including phenoxy) is 2. The van der Waals surface area contributed by atoms with Crippen LogP contribution in [0.3, 0.4) is 0 Å². The zero-order chi connectivity index (χ0) is 24.5. The van der Waals surface area contributed by atoms with E-state index in [4.69, 9.17) is 32.7 Å². The number of rotatable bonds is 8. The Kier molecular flexibility index (Phi) is 8.52. The first-order valence-electron chi connectivity index (χ1n) is 9.93. The molecule has 7 nitrogen and oxygen atoms in total. The van der Waals surface area contributed by atoms with E-state index in [1.807, 2.05) is 6.07 Å². The molecule has 3 rings (SSSR count). The highest BCUT2D eigenvalue weighted by Gasteiger charge is 2.11. The first-order chi connectivity index (χ1) is 16.4. The van der Waals surface area contributed by atoms with Crippen LogP contribution >= 0.6 is 23.2 Å². The van der Waals surface area contributed by atoms with Gasteiger partial charge >= 0.3 is 0 Å². The average Bonchev–Trinajstić information content (AvgIpc) is 2.84. The standard InChI is InChI=1S/C25H19Cl2N3O4/c1-33-23-5-3-2-4-22(23)30-24(31)15-34-19-9-6-16(7-10-19)12-17(14-28)25(32)29-18-8-11-20(26)21(27)13-18/h2-13H,15H2,1H3,(H,29,32)(H,30,31)/b17-12+. The molecule has 0 aromatic heterocycles. The number of benzene rings is 3. The van der Waals surface area contributed by atoms with Gasteiger partial charge in [-0.2, -0.15) is 5.26 Å². The van der Waals surface area contributed by atoms with Crippen LogP contribution in [0.25, 0.3) is 6.08 Å². The van der Waals surface area contributed by atoms with Crippen LogP contribution in [0.4, 0.5) is 11.4 Å². The molecule has 2 N–H and O–H groups in total. The fraction of sp³-hybridized carbons (Fsp3) is 0.0800. The number of hydrogen-bond acceptors (Lipinski definition) is 5. The summed E-state index contributed by atoms with van der Waals surface area (Å²) in [5.74, 6) is 0.0583. The minimum absolute atomic E-state index is 0.101. The SMILES string of the molecule is COc1ccccc1NC(=O)COc1ccc(/C=C(\C#N)C(=O)Nc2ccc(Cl)c(Cl)c2)cc1. The van der Waals surface area contributed by atoms with Gasteiger partial charge in [-0.15, -0.1) is 0 Å². The monoisotopic (exact) mass is 495 g/mol. The zero-order valence-electron chi connectivity index (χ0n) is 18.0. The lowest BCUT2D eigenvalue weighted by atomic mass is 10.1. The number of carbonyl (C=O) groups is 2. The molecule has 0 radical (unpaired) electrons. The molecule has 172 valence electrons. The smallest absolute Gasteiger partial charge is 0.266 e. The summed E-state index contributed by atoms with van der Waals surface area (Å²) in [6.07, 6.45) is 1.44. The molecular formula is C25H19Cl2N3O4. The summed E-state index contributed by atoms with van der Waals surface area (Å²) in [7, 11) is 1.52. The van der Waals surface area contributed by atoms with Crippen molar-refractivity contribution in [3.8, 4) is 17.6 Å². The number of nitrogens with one attached hydrogen (secondary N) is 2. The first kappa shape index (κ1) is 24.6. The predicted octanol–water partition coefficient (Wildman–Crippen LogP) is 5.57. The van der Waals surface area contributed by atoms with Crippen molar-refractivity contribution in [2.75, 3.05) is 24.4 Å². The van der Waals surface area contributed by atoms with Crippen molar-refractivity contribution in [2.45, 2.75) is 0 Å². The molecule has 0 bridgehead atoms. The van der Waals surface area contributed by atoms with Gasteiger partial charge in [-0.25, -0.2) is 0 Å². The first-order valence-corrected chi connectivity index (χ1v) is 10.7. The molecule has 0 aliphatic rings. The van der Waals surface area contributed by atoms with Gasteiger partial charge in [0, 0.05) is 5.69 Å². The van der Waals surface area contributed by atoms with Crippen molar-refractivity contribution in [3.63, 3.8) is 0 Å². The van der Waals surface area contributed by atoms with Gasteiger partial charge in [0.2, 0.25) is 0 Å². The molecule has 9 heteroatoms. The van der Waals surface area contributed by atoms with E-state index in [9.17, 15) is 14.9 Å². The molecule has 0 spiro atoms. The second-order valence-electron chi connectivity index (χ2n) is 6.86. The molecule has 0 unspecified atom stereocenters. The Morgan fingerprint density at radius 3 is 2.41 bits per heavy atom. The van der Waals surface area contributed by atoms with Crippen LogP contribution in [0, 0.1) is 11.3 Å². The lowest BCUT2D eigenvalue weighted by Gasteiger charge is -2.10. The third kappa shape index (κ3) is 6.75. The Labute approximate surface area is 206 Å². The molecule has 0 fully saturated rings. The van der Waals surface area contributed by atoms with Gasteiger partial charge < -0.3 is 20.1 Å². The van der Waals surface area contributed by atoms with Gasteiger partial charge in [-0.05, 0) is 54.1 Å². The van der Waals surface area contributed by atoms with Gasteiger partial charge in [-0.1, -0.05) is 47.5 Å². The molecule has 3 aromatic carbocycles. The topological polar surface area (TPSA) is 100 Å². The largest absolute Gasteiger partial charge is 0.495 e. The van der Waals surface area contributed by atoms with E-state index < -0.39 is 5.91 Å². The van der Waals surface area contributed by atoms with E-state index in [1.54, 1.807) is 60.7 Å². The molecule has 0 aliphatic carbocycles. The Bertz CT molecular complexity index is 1270. The van der Waals surface area contributed by atoms with Gasteiger partial charge in [-0.3, -0.25) is 9.59 Å². The van der Waals surface area contributed by atoms with Gasteiger partial charge in [0.15, 0.2) is 6.61 Å².